The second-order valence-electron chi connectivity index (χ2n) is 9.53. The highest BCUT2D eigenvalue weighted by Gasteiger charge is 2.28. The molecular formula is C26H27N9O2S. The van der Waals surface area contributed by atoms with Crippen LogP contribution in [0.3, 0.4) is 0 Å². The molecule has 0 aromatic carbocycles. The van der Waals surface area contributed by atoms with Crippen molar-refractivity contribution in [3.63, 3.8) is 0 Å². The summed E-state index contributed by atoms with van der Waals surface area (Å²) in [6.07, 6.45) is 4.92. The summed E-state index contributed by atoms with van der Waals surface area (Å²) >= 11 is 1.23. The number of rotatable bonds is 6. The first-order chi connectivity index (χ1) is 18.3. The minimum Gasteiger partial charge on any atom is -0.382 e. The van der Waals surface area contributed by atoms with E-state index < -0.39 is 0 Å². The number of carbonyl (C=O) groups excluding carboxylic acids is 2. The monoisotopic (exact) mass is 529 g/mol. The smallest absolute Gasteiger partial charge is 0.284 e. The Labute approximate surface area is 223 Å². The van der Waals surface area contributed by atoms with Crippen molar-refractivity contribution in [2.75, 3.05) is 18.4 Å². The Balaban J connectivity index is 1.43. The van der Waals surface area contributed by atoms with Crippen LogP contribution in [0.15, 0.2) is 36.7 Å². The molecule has 194 valence electrons. The van der Waals surface area contributed by atoms with Gasteiger partial charge in [0.1, 0.15) is 6.07 Å². The van der Waals surface area contributed by atoms with E-state index in [1.807, 2.05) is 32.0 Å². The van der Waals surface area contributed by atoms with E-state index in [0.29, 0.717) is 34.4 Å². The van der Waals surface area contributed by atoms with Crippen LogP contribution in [-0.2, 0) is 4.79 Å². The second-order valence-corrected chi connectivity index (χ2v) is 10.5. The molecule has 38 heavy (non-hydrogen) atoms. The molecule has 2 amide bonds. The normalized spacial score (nSPS) is 15.4. The van der Waals surface area contributed by atoms with Crippen molar-refractivity contribution in [1.82, 2.24) is 35.0 Å². The number of nitrogens with one attached hydrogen (secondary N) is 2. The molecule has 0 bridgehead atoms. The fraction of sp³-hybridized carbons (Fsp3) is 0.346. The van der Waals surface area contributed by atoms with Crippen molar-refractivity contribution < 1.29 is 9.59 Å². The summed E-state index contributed by atoms with van der Waals surface area (Å²) in [5.41, 5.74) is 4.34. The molecule has 0 radical (unpaired) electrons. The van der Waals surface area contributed by atoms with Gasteiger partial charge in [0.2, 0.25) is 10.9 Å². The summed E-state index contributed by atoms with van der Waals surface area (Å²) in [4.78, 5) is 31.0. The maximum atomic E-state index is 13.2. The van der Waals surface area contributed by atoms with Crippen LogP contribution in [0.1, 0.15) is 49.0 Å². The number of piperidine rings is 1. The molecule has 5 heterocycles. The summed E-state index contributed by atoms with van der Waals surface area (Å²) < 4.78 is 1.75. The fourth-order valence-electron chi connectivity index (χ4n) is 4.57. The molecule has 4 aromatic heterocycles. The molecule has 1 aliphatic heterocycles. The Morgan fingerprint density at radius 1 is 1.21 bits per heavy atom. The lowest BCUT2D eigenvalue weighted by atomic mass is 10.1. The molecule has 5 rings (SSSR count). The SMILES string of the molecule is CC(=O)N[C@@H]1CCCN(C(=O)c2nnc(-c3cnc(-c4ccc5cc(C#N)cnn45)cc3NC(C)C)s2)C1. The zero-order valence-corrected chi connectivity index (χ0v) is 22.1. The molecule has 1 atom stereocenters. The Kier molecular flexibility index (Phi) is 7.02. The van der Waals surface area contributed by atoms with Crippen LogP contribution in [0.25, 0.3) is 27.5 Å². The van der Waals surface area contributed by atoms with Crippen molar-refractivity contribution in [1.29, 1.82) is 5.26 Å². The first-order valence-corrected chi connectivity index (χ1v) is 13.2. The van der Waals surface area contributed by atoms with Gasteiger partial charge in [-0.3, -0.25) is 14.6 Å². The number of pyridine rings is 1. The number of nitrogens with zero attached hydrogens (tertiary/aromatic N) is 7. The highest BCUT2D eigenvalue weighted by atomic mass is 32.1. The van der Waals surface area contributed by atoms with Gasteiger partial charge in [0.05, 0.1) is 34.2 Å². The van der Waals surface area contributed by atoms with Crippen LogP contribution in [0.2, 0.25) is 0 Å². The lowest BCUT2D eigenvalue weighted by molar-refractivity contribution is -0.120. The van der Waals surface area contributed by atoms with Gasteiger partial charge in [0, 0.05) is 44.0 Å². The number of amides is 2. The minimum absolute atomic E-state index is 0.0534. The molecule has 0 aliphatic carbocycles. The van der Waals surface area contributed by atoms with Crippen LogP contribution in [0.5, 0.6) is 0 Å². The molecule has 1 saturated heterocycles. The molecule has 4 aromatic rings. The number of likely N-dealkylation sites (tertiary alicyclic amines) is 1. The van der Waals surface area contributed by atoms with Crippen LogP contribution >= 0.6 is 11.3 Å². The Hall–Kier alpha value is -4.37. The van der Waals surface area contributed by atoms with Gasteiger partial charge >= 0.3 is 0 Å². The van der Waals surface area contributed by atoms with Crippen LogP contribution < -0.4 is 10.6 Å². The fourth-order valence-corrected chi connectivity index (χ4v) is 5.41. The molecule has 0 spiro atoms. The van der Waals surface area contributed by atoms with Gasteiger partial charge in [0.25, 0.3) is 5.91 Å². The Bertz CT molecular complexity index is 1550. The summed E-state index contributed by atoms with van der Waals surface area (Å²) in [6.45, 7) is 6.64. The highest BCUT2D eigenvalue weighted by molar-refractivity contribution is 7.16. The zero-order chi connectivity index (χ0) is 26.8. The number of anilines is 1. The predicted molar refractivity (Wildman–Crippen MR) is 144 cm³/mol. The predicted octanol–water partition coefficient (Wildman–Crippen LogP) is 3.35. The molecule has 2 N–H and O–H groups in total. The Morgan fingerprint density at radius 3 is 2.82 bits per heavy atom. The molecule has 0 unspecified atom stereocenters. The third kappa shape index (κ3) is 5.19. The van der Waals surface area contributed by atoms with Gasteiger partial charge in [-0.05, 0) is 51.0 Å². The number of aromatic nitrogens is 5. The van der Waals surface area contributed by atoms with E-state index in [-0.39, 0.29) is 23.9 Å². The molecular weight excluding hydrogens is 502 g/mol. The summed E-state index contributed by atoms with van der Waals surface area (Å²) in [5.74, 6) is -0.284. The average Bonchev–Trinajstić information content (AvgIpc) is 3.55. The standard InChI is InChI=1S/C26H27N9O2S/c1-15(2)30-21-10-22(23-7-6-19-9-17(11-27)12-29-35(19)23)28-13-20(21)24-32-33-25(38-24)26(37)34-8-4-5-18(14-34)31-16(3)36/h6-7,9-10,12-13,15,18H,4-5,8,14H2,1-3H3,(H,28,30)(H,31,36)/t18-/m1/s1. The summed E-state index contributed by atoms with van der Waals surface area (Å²) in [7, 11) is 0. The third-order valence-corrected chi connectivity index (χ3v) is 7.14. The zero-order valence-electron chi connectivity index (χ0n) is 21.3. The van der Waals surface area contributed by atoms with Crippen molar-refractivity contribution in [2.24, 2.45) is 0 Å². The molecule has 11 nitrogen and oxygen atoms in total. The number of hydrogen-bond donors (Lipinski definition) is 2. The van der Waals surface area contributed by atoms with E-state index >= 15 is 0 Å². The molecule has 1 aliphatic rings. The number of fused-ring (bicyclic) bond motifs is 1. The van der Waals surface area contributed by atoms with E-state index in [1.54, 1.807) is 21.7 Å². The summed E-state index contributed by atoms with van der Waals surface area (Å²) in [5, 5.41) is 29.3. The largest absolute Gasteiger partial charge is 0.382 e. The van der Waals surface area contributed by atoms with E-state index in [2.05, 4.69) is 37.0 Å². The maximum absolute atomic E-state index is 13.2. The van der Waals surface area contributed by atoms with Crippen molar-refractivity contribution in [3.8, 4) is 28.0 Å². The highest BCUT2D eigenvalue weighted by Crippen LogP contribution is 2.34. The summed E-state index contributed by atoms with van der Waals surface area (Å²) in [6, 6.07) is 9.71. The molecule has 0 saturated carbocycles. The first kappa shape index (κ1) is 25.3. The maximum Gasteiger partial charge on any atom is 0.284 e. The lowest BCUT2D eigenvalue weighted by Gasteiger charge is -2.32. The van der Waals surface area contributed by atoms with E-state index in [4.69, 9.17) is 5.26 Å². The first-order valence-electron chi connectivity index (χ1n) is 12.4. The van der Waals surface area contributed by atoms with Crippen molar-refractivity contribution in [3.05, 3.63) is 47.2 Å². The van der Waals surface area contributed by atoms with Crippen molar-refractivity contribution >= 4 is 34.4 Å². The van der Waals surface area contributed by atoms with E-state index in [1.165, 1.54) is 24.5 Å². The topological polar surface area (TPSA) is 141 Å². The Morgan fingerprint density at radius 2 is 2.05 bits per heavy atom. The molecule has 1 fully saturated rings. The van der Waals surface area contributed by atoms with Gasteiger partial charge in [0.15, 0.2) is 5.01 Å². The number of hydrogen-bond acceptors (Lipinski definition) is 9. The number of carbonyl (C=O) groups is 2. The van der Waals surface area contributed by atoms with Gasteiger partial charge in [-0.2, -0.15) is 10.4 Å². The molecule has 12 heteroatoms. The second kappa shape index (κ2) is 10.5. The average molecular weight is 530 g/mol. The van der Waals surface area contributed by atoms with Crippen molar-refractivity contribution in [2.45, 2.75) is 45.7 Å². The van der Waals surface area contributed by atoms with E-state index in [9.17, 15) is 9.59 Å². The quantitative estimate of drug-likeness (QED) is 0.387. The van der Waals surface area contributed by atoms with Crippen LogP contribution in [0, 0.1) is 11.3 Å². The van der Waals surface area contributed by atoms with Gasteiger partial charge in [-0.15, -0.1) is 10.2 Å². The number of nitriles is 1. The van der Waals surface area contributed by atoms with Crippen LogP contribution in [-0.4, -0.2) is 66.7 Å². The van der Waals surface area contributed by atoms with Gasteiger partial charge < -0.3 is 15.5 Å². The van der Waals surface area contributed by atoms with Crippen LogP contribution in [0.4, 0.5) is 5.69 Å². The minimum atomic E-state index is -0.186. The van der Waals surface area contributed by atoms with Gasteiger partial charge in [-0.25, -0.2) is 4.52 Å². The lowest BCUT2D eigenvalue weighted by Crippen LogP contribution is -2.49. The third-order valence-electron chi connectivity index (χ3n) is 6.19. The van der Waals surface area contributed by atoms with E-state index in [0.717, 1.165) is 35.3 Å². The van der Waals surface area contributed by atoms with Gasteiger partial charge in [-0.1, -0.05) is 11.3 Å².